The smallest absolute Gasteiger partial charge is 0.147 e. The molecule has 0 aliphatic heterocycles. The lowest BCUT2D eigenvalue weighted by Gasteiger charge is -2.12. The van der Waals surface area contributed by atoms with E-state index in [0.29, 0.717) is 0 Å². The van der Waals surface area contributed by atoms with Crippen molar-refractivity contribution in [2.45, 2.75) is 6.92 Å². The molecule has 0 N–H and O–H groups in total. The van der Waals surface area contributed by atoms with Crippen LogP contribution >= 0.6 is 15.9 Å². The molecule has 3 aromatic heterocycles. The van der Waals surface area contributed by atoms with Crippen molar-refractivity contribution in [1.29, 1.82) is 0 Å². The lowest BCUT2D eigenvalue weighted by Crippen LogP contribution is -1.95. The van der Waals surface area contributed by atoms with Crippen LogP contribution in [0.5, 0.6) is 0 Å². The molecule has 29 heavy (non-hydrogen) atoms. The summed E-state index contributed by atoms with van der Waals surface area (Å²) < 4.78 is 3.35. The van der Waals surface area contributed by atoms with E-state index in [1.165, 1.54) is 5.56 Å². The Morgan fingerprint density at radius 2 is 1.55 bits per heavy atom. The Labute approximate surface area is 175 Å². The second-order valence-electron chi connectivity index (χ2n) is 7.32. The summed E-state index contributed by atoms with van der Waals surface area (Å²) in [5.41, 5.74) is 8.52. The Kier molecular flexibility index (Phi) is 3.53. The predicted octanol–water partition coefficient (Wildman–Crippen LogP) is 6.93. The first-order valence-corrected chi connectivity index (χ1v) is 10.4. The van der Waals surface area contributed by atoms with Gasteiger partial charge in [0.2, 0.25) is 0 Å². The number of imidazole rings is 1. The normalized spacial score (nSPS) is 11.8. The highest BCUT2D eigenvalue weighted by molar-refractivity contribution is 9.10. The zero-order chi connectivity index (χ0) is 19.5. The number of hydrogen-bond donors (Lipinski definition) is 0. The molecule has 0 bridgehead atoms. The number of para-hydroxylation sites is 2. The molecule has 3 nitrogen and oxygen atoms in total. The van der Waals surface area contributed by atoms with Gasteiger partial charge in [0.1, 0.15) is 5.65 Å². The molecule has 0 aliphatic rings. The van der Waals surface area contributed by atoms with Crippen molar-refractivity contribution in [3.63, 3.8) is 0 Å². The highest BCUT2D eigenvalue weighted by atomic mass is 79.9. The number of aromatic nitrogens is 3. The monoisotopic (exact) mass is 437 g/mol. The third-order valence-corrected chi connectivity index (χ3v) is 6.21. The lowest BCUT2D eigenvalue weighted by atomic mass is 10.0. The van der Waals surface area contributed by atoms with Gasteiger partial charge >= 0.3 is 0 Å². The van der Waals surface area contributed by atoms with E-state index < -0.39 is 0 Å². The lowest BCUT2D eigenvalue weighted by molar-refractivity contribution is 1.25. The predicted molar refractivity (Wildman–Crippen MR) is 123 cm³/mol. The number of aryl methyl sites for hydroxylation is 1. The van der Waals surface area contributed by atoms with Crippen molar-refractivity contribution >= 4 is 54.4 Å². The maximum absolute atomic E-state index is 4.96. The average molecular weight is 438 g/mol. The fraction of sp³-hybridized carbons (Fsp3) is 0.0400. The van der Waals surface area contributed by atoms with Gasteiger partial charge < -0.3 is 0 Å². The summed E-state index contributed by atoms with van der Waals surface area (Å²) in [6.45, 7) is 2.03. The topological polar surface area (TPSA) is 30.2 Å². The minimum atomic E-state index is 0.950. The van der Waals surface area contributed by atoms with Crippen LogP contribution in [0.25, 0.3) is 49.6 Å². The van der Waals surface area contributed by atoms with Gasteiger partial charge in [-0.3, -0.25) is 9.38 Å². The van der Waals surface area contributed by atoms with Crippen LogP contribution in [0.1, 0.15) is 5.69 Å². The molecule has 0 radical (unpaired) electrons. The Hall–Kier alpha value is -3.24. The Bertz CT molecular complexity index is 1580. The minimum absolute atomic E-state index is 0.950. The number of hydrogen-bond acceptors (Lipinski definition) is 2. The van der Waals surface area contributed by atoms with Gasteiger partial charge in [-0.2, -0.15) is 0 Å². The van der Waals surface area contributed by atoms with Crippen molar-refractivity contribution in [2.75, 3.05) is 0 Å². The molecule has 4 heteroatoms. The molecule has 3 aromatic carbocycles. The van der Waals surface area contributed by atoms with Gasteiger partial charge in [-0.05, 0) is 54.4 Å². The van der Waals surface area contributed by atoms with Crippen molar-refractivity contribution < 1.29 is 0 Å². The molecule has 0 saturated carbocycles. The highest BCUT2D eigenvalue weighted by Gasteiger charge is 2.15. The molecule has 0 unspecified atom stereocenters. The Balaban J connectivity index is 1.86. The van der Waals surface area contributed by atoms with E-state index in [0.717, 1.165) is 54.2 Å². The van der Waals surface area contributed by atoms with Gasteiger partial charge in [0.25, 0.3) is 0 Å². The van der Waals surface area contributed by atoms with Crippen LogP contribution in [0.2, 0.25) is 0 Å². The standard InChI is InChI=1S/C25H16BrN3/c1-15-10-12-19-24(27-15)18-13-11-16(17-6-2-3-7-20(17)26)14-23(18)29-22-9-5-4-8-21(22)28-25(19)29/h2-14H,1H3. The van der Waals surface area contributed by atoms with Gasteiger partial charge in [-0.1, -0.05) is 58.4 Å². The highest BCUT2D eigenvalue weighted by Crippen LogP contribution is 2.35. The SMILES string of the molecule is Cc1ccc2c(n1)c1ccc(-c3ccccc3Br)cc1n1c3ccccc3nc21. The number of rotatable bonds is 1. The maximum Gasteiger partial charge on any atom is 0.147 e. The quantitative estimate of drug-likeness (QED) is 0.261. The van der Waals surface area contributed by atoms with Crippen LogP contribution in [0, 0.1) is 6.92 Å². The van der Waals surface area contributed by atoms with Gasteiger partial charge in [0.15, 0.2) is 0 Å². The largest absolute Gasteiger partial charge is 0.292 e. The number of pyridine rings is 2. The van der Waals surface area contributed by atoms with E-state index in [1.807, 2.05) is 19.1 Å². The van der Waals surface area contributed by atoms with E-state index >= 15 is 0 Å². The van der Waals surface area contributed by atoms with Crippen molar-refractivity contribution in [3.8, 4) is 11.1 Å². The summed E-state index contributed by atoms with van der Waals surface area (Å²) in [7, 11) is 0. The fourth-order valence-corrected chi connectivity index (χ4v) is 4.69. The van der Waals surface area contributed by atoms with E-state index in [2.05, 4.69) is 87.1 Å². The Morgan fingerprint density at radius 3 is 2.45 bits per heavy atom. The molecular weight excluding hydrogens is 422 g/mol. The molecular formula is C25H16BrN3. The van der Waals surface area contributed by atoms with Crippen LogP contribution in [0.15, 0.2) is 83.3 Å². The number of nitrogens with zero attached hydrogens (tertiary/aromatic N) is 3. The summed E-state index contributed by atoms with van der Waals surface area (Å²) in [5, 5.41) is 2.21. The van der Waals surface area contributed by atoms with Crippen molar-refractivity contribution in [1.82, 2.24) is 14.4 Å². The fourth-order valence-electron chi connectivity index (χ4n) is 4.17. The van der Waals surface area contributed by atoms with Crippen LogP contribution in [0.3, 0.4) is 0 Å². The first-order valence-electron chi connectivity index (χ1n) is 9.56. The van der Waals surface area contributed by atoms with Gasteiger partial charge in [0.05, 0.1) is 22.1 Å². The van der Waals surface area contributed by atoms with E-state index in [-0.39, 0.29) is 0 Å². The minimum Gasteiger partial charge on any atom is -0.292 e. The zero-order valence-corrected chi connectivity index (χ0v) is 17.3. The van der Waals surface area contributed by atoms with Gasteiger partial charge in [-0.15, -0.1) is 0 Å². The molecule has 0 saturated heterocycles. The number of halogens is 1. The summed E-state index contributed by atoms with van der Waals surface area (Å²) in [6.07, 6.45) is 0. The maximum atomic E-state index is 4.96. The number of fused-ring (bicyclic) bond motifs is 8. The van der Waals surface area contributed by atoms with E-state index in [4.69, 9.17) is 9.97 Å². The molecule has 0 fully saturated rings. The number of benzene rings is 3. The second-order valence-corrected chi connectivity index (χ2v) is 8.17. The first-order chi connectivity index (χ1) is 14.2. The molecule has 138 valence electrons. The summed E-state index contributed by atoms with van der Waals surface area (Å²) in [6, 6.07) is 27.4. The average Bonchev–Trinajstić information content (AvgIpc) is 3.13. The van der Waals surface area contributed by atoms with Crippen LogP contribution < -0.4 is 0 Å². The molecule has 6 aromatic rings. The van der Waals surface area contributed by atoms with Crippen LogP contribution in [-0.4, -0.2) is 14.4 Å². The first kappa shape index (κ1) is 16.7. The van der Waals surface area contributed by atoms with Crippen molar-refractivity contribution in [2.24, 2.45) is 0 Å². The van der Waals surface area contributed by atoms with Crippen LogP contribution in [0.4, 0.5) is 0 Å². The summed E-state index contributed by atoms with van der Waals surface area (Å²) >= 11 is 3.70. The molecule has 6 rings (SSSR count). The third kappa shape index (κ3) is 2.42. The van der Waals surface area contributed by atoms with Crippen LogP contribution in [-0.2, 0) is 0 Å². The second kappa shape index (κ2) is 6.13. The van der Waals surface area contributed by atoms with E-state index in [1.54, 1.807) is 0 Å². The van der Waals surface area contributed by atoms with E-state index in [9.17, 15) is 0 Å². The third-order valence-electron chi connectivity index (χ3n) is 5.51. The molecule has 0 amide bonds. The van der Waals surface area contributed by atoms with Gasteiger partial charge in [-0.25, -0.2) is 4.98 Å². The molecule has 0 spiro atoms. The zero-order valence-electron chi connectivity index (χ0n) is 15.7. The van der Waals surface area contributed by atoms with Crippen molar-refractivity contribution in [3.05, 3.63) is 89.0 Å². The molecule has 3 heterocycles. The van der Waals surface area contributed by atoms with Gasteiger partial charge in [0, 0.05) is 20.9 Å². The summed E-state index contributed by atoms with van der Waals surface area (Å²) in [4.78, 5) is 9.84. The summed E-state index contributed by atoms with van der Waals surface area (Å²) in [5.74, 6) is 0. The molecule has 0 atom stereocenters. The Morgan fingerprint density at radius 1 is 0.759 bits per heavy atom. The molecule has 0 aliphatic carbocycles.